The Morgan fingerprint density at radius 2 is 1.70 bits per heavy atom. The first-order chi connectivity index (χ1) is 22.3. The smallest absolute Gasteiger partial charge is 0.267 e. The zero-order valence-corrected chi connectivity index (χ0v) is 27.0. The summed E-state index contributed by atoms with van der Waals surface area (Å²) in [6.07, 6.45) is 2.45. The lowest BCUT2D eigenvalue weighted by atomic mass is 10.1. The SMILES string of the molecule is CC(C)C=O.COc1ccccc1N=C=O.Cc1ccccc1N1C(=O)Cc2c(C(N)=O)nc(C(C)C)nc21.[C-]#[N+]/C(N)=C(/N)C#N. The number of fused-ring (bicyclic) bond motifs is 1. The van der Waals surface area contributed by atoms with Gasteiger partial charge in [0.15, 0.2) is 0 Å². The molecule has 2 heterocycles. The number of aromatic nitrogens is 2. The Kier molecular flexibility index (Phi) is 15.7. The average molecular weight is 640 g/mol. The van der Waals surface area contributed by atoms with Gasteiger partial charge in [0.25, 0.3) is 11.7 Å². The van der Waals surface area contributed by atoms with Crippen molar-refractivity contribution in [1.29, 1.82) is 5.26 Å². The summed E-state index contributed by atoms with van der Waals surface area (Å²) in [6, 6.07) is 16.1. The summed E-state index contributed by atoms with van der Waals surface area (Å²) < 4.78 is 4.93. The van der Waals surface area contributed by atoms with Crippen molar-refractivity contribution in [2.24, 2.45) is 28.1 Å². The molecule has 6 N–H and O–H groups in total. The third-order valence-electron chi connectivity index (χ3n) is 5.94. The second-order valence-electron chi connectivity index (χ2n) is 10.2. The quantitative estimate of drug-likeness (QED) is 0.114. The minimum atomic E-state index is -0.634. The van der Waals surface area contributed by atoms with Crippen LogP contribution < -0.4 is 26.8 Å². The van der Waals surface area contributed by atoms with Gasteiger partial charge in [-0.25, -0.2) is 14.8 Å². The van der Waals surface area contributed by atoms with E-state index in [1.165, 1.54) is 19.3 Å². The highest BCUT2D eigenvalue weighted by Gasteiger charge is 2.35. The number of benzene rings is 2. The Labute approximate surface area is 273 Å². The summed E-state index contributed by atoms with van der Waals surface area (Å²) in [6.45, 7) is 15.8. The molecule has 0 radical (unpaired) electrons. The van der Waals surface area contributed by atoms with Gasteiger partial charge < -0.3 is 31.6 Å². The number of amides is 2. The van der Waals surface area contributed by atoms with Crippen molar-refractivity contribution in [3.05, 3.63) is 94.1 Å². The predicted octanol–water partition coefficient (Wildman–Crippen LogP) is 4.25. The number of hydrogen-bond acceptors (Lipinski definition) is 11. The summed E-state index contributed by atoms with van der Waals surface area (Å²) >= 11 is 0. The van der Waals surface area contributed by atoms with Crippen LogP contribution in [0.25, 0.3) is 4.85 Å². The van der Waals surface area contributed by atoms with Gasteiger partial charge in [0.05, 0.1) is 19.2 Å². The van der Waals surface area contributed by atoms with Gasteiger partial charge in [0.2, 0.25) is 12.0 Å². The number of anilines is 2. The van der Waals surface area contributed by atoms with Crippen LogP contribution in [0.3, 0.4) is 0 Å². The number of allylic oxidation sites excluding steroid dienone is 1. The van der Waals surface area contributed by atoms with E-state index in [1.807, 2.05) is 65.0 Å². The van der Waals surface area contributed by atoms with Crippen LogP contribution in [0.15, 0.2) is 65.0 Å². The van der Waals surface area contributed by atoms with E-state index >= 15 is 0 Å². The zero-order chi connectivity index (χ0) is 35.7. The van der Waals surface area contributed by atoms with Crippen LogP contribution in [-0.4, -0.2) is 41.3 Å². The number of aldehydes is 1. The van der Waals surface area contributed by atoms with Crippen molar-refractivity contribution in [2.45, 2.75) is 47.0 Å². The molecule has 3 aromatic rings. The number of hydrogen-bond donors (Lipinski definition) is 3. The third kappa shape index (κ3) is 11.2. The van der Waals surface area contributed by atoms with Crippen molar-refractivity contribution in [2.75, 3.05) is 12.0 Å². The molecule has 0 saturated heterocycles. The van der Waals surface area contributed by atoms with E-state index in [-0.39, 0.29) is 41.4 Å². The van der Waals surface area contributed by atoms with E-state index in [0.29, 0.717) is 28.6 Å². The van der Waals surface area contributed by atoms with Crippen LogP contribution in [0.4, 0.5) is 17.2 Å². The van der Waals surface area contributed by atoms with Crippen molar-refractivity contribution < 1.29 is 23.9 Å². The maximum atomic E-state index is 12.5. The standard InChI is InChI=1S/C17H18N4O2.C8H7NO2.C4H4N4.C4H8O/c1-9(2)16-19-14(15(18)23)11-8-13(22)21(17(11)20-16)12-7-5-4-6-10(12)3;1-11-8-5-3-2-4-7(8)9-6-10;1-8-4(7)3(6)2-5;1-4(2)3-5/h4-7,9H,8H2,1-3H3,(H2,18,23);2-5H,1H3;6-7H2;3-4H,1-2H3/b;;4-3+;. The highest BCUT2D eigenvalue weighted by atomic mass is 16.5. The fourth-order valence-corrected chi connectivity index (χ4v) is 3.60. The summed E-state index contributed by atoms with van der Waals surface area (Å²) in [4.78, 5) is 60.2. The second kappa shape index (κ2) is 19.1. The fraction of sp³-hybridized carbons (Fsp3) is 0.273. The summed E-state index contributed by atoms with van der Waals surface area (Å²) in [5.74, 6) is 0.769. The molecule has 0 unspecified atom stereocenters. The number of aliphatic imine (C=N–C) groups is 1. The van der Waals surface area contributed by atoms with Gasteiger partial charge in [0.1, 0.15) is 46.8 Å². The molecule has 0 aliphatic carbocycles. The van der Waals surface area contributed by atoms with E-state index in [4.69, 9.17) is 33.8 Å². The van der Waals surface area contributed by atoms with Gasteiger partial charge in [-0.2, -0.15) is 10.3 Å². The largest absolute Gasteiger partial charge is 0.494 e. The highest BCUT2D eigenvalue weighted by molar-refractivity contribution is 6.09. The van der Waals surface area contributed by atoms with Crippen LogP contribution in [0.2, 0.25) is 0 Å². The molecule has 1 aliphatic rings. The molecule has 14 nitrogen and oxygen atoms in total. The number of isocyanates is 1. The normalized spacial score (nSPS) is 11.4. The second-order valence-corrected chi connectivity index (χ2v) is 10.2. The van der Waals surface area contributed by atoms with Crippen molar-refractivity contribution in [3.63, 3.8) is 0 Å². The highest BCUT2D eigenvalue weighted by Crippen LogP contribution is 2.37. The van der Waals surface area contributed by atoms with Gasteiger partial charge in [-0.05, 0) is 30.7 Å². The number of rotatable bonds is 6. The number of carbonyl (C=O) groups excluding carboxylic acids is 4. The molecule has 0 atom stereocenters. The fourth-order valence-electron chi connectivity index (χ4n) is 3.60. The minimum absolute atomic E-state index is 0.0211. The molecule has 1 aromatic heterocycles. The van der Waals surface area contributed by atoms with E-state index in [9.17, 15) is 19.2 Å². The summed E-state index contributed by atoms with van der Waals surface area (Å²) in [7, 11) is 1.53. The molecular formula is C33H37N9O5. The monoisotopic (exact) mass is 639 g/mol. The molecule has 244 valence electrons. The third-order valence-corrected chi connectivity index (χ3v) is 5.94. The number of nitrogens with two attached hydrogens (primary N) is 3. The number of para-hydroxylation sites is 3. The van der Waals surface area contributed by atoms with Crippen LogP contribution in [-0.2, 0) is 20.8 Å². The number of carbonyl (C=O) groups is 3. The molecule has 0 bridgehead atoms. The van der Waals surface area contributed by atoms with E-state index in [0.717, 1.165) is 17.5 Å². The van der Waals surface area contributed by atoms with Crippen molar-refractivity contribution in [1.82, 2.24) is 9.97 Å². The predicted molar refractivity (Wildman–Crippen MR) is 176 cm³/mol. The Balaban J connectivity index is 0.000000381. The van der Waals surface area contributed by atoms with Crippen LogP contribution in [0.1, 0.15) is 61.1 Å². The maximum Gasteiger partial charge on any atom is 0.267 e. The summed E-state index contributed by atoms with van der Waals surface area (Å²) in [5.41, 5.74) is 17.9. The van der Waals surface area contributed by atoms with Crippen molar-refractivity contribution in [3.8, 4) is 11.8 Å². The molecule has 4 rings (SSSR count). The zero-order valence-electron chi connectivity index (χ0n) is 27.0. The summed E-state index contributed by atoms with van der Waals surface area (Å²) in [5, 5.41) is 7.98. The first kappa shape index (κ1) is 38.7. The minimum Gasteiger partial charge on any atom is -0.494 e. The van der Waals surface area contributed by atoms with E-state index in [1.54, 1.807) is 23.1 Å². The van der Waals surface area contributed by atoms with Crippen molar-refractivity contribution >= 4 is 41.4 Å². The van der Waals surface area contributed by atoms with Gasteiger partial charge in [-0.1, -0.05) is 64.6 Å². The average Bonchev–Trinajstić information content (AvgIpc) is 3.40. The molecular weight excluding hydrogens is 602 g/mol. The number of nitrogens with zero attached hydrogens (tertiary/aromatic N) is 6. The molecule has 0 fully saturated rings. The van der Waals surface area contributed by atoms with Crippen LogP contribution in [0.5, 0.6) is 5.75 Å². The molecule has 2 amide bonds. The van der Waals surface area contributed by atoms with E-state index < -0.39 is 5.91 Å². The maximum absolute atomic E-state index is 12.5. The van der Waals surface area contributed by atoms with E-state index in [2.05, 4.69) is 19.8 Å². The number of nitriles is 1. The number of aryl methyl sites for hydroxylation is 1. The van der Waals surface area contributed by atoms with Gasteiger partial charge in [-0.3, -0.25) is 14.5 Å². The Morgan fingerprint density at radius 3 is 2.17 bits per heavy atom. The molecule has 47 heavy (non-hydrogen) atoms. The molecule has 1 aliphatic heterocycles. The number of methoxy groups -OCH3 is 1. The molecule has 2 aromatic carbocycles. The Morgan fingerprint density at radius 1 is 1.11 bits per heavy atom. The molecule has 0 spiro atoms. The van der Waals surface area contributed by atoms with Gasteiger partial charge >= 0.3 is 0 Å². The molecule has 14 heteroatoms. The Bertz CT molecular complexity index is 1730. The van der Waals surface area contributed by atoms with Crippen LogP contribution >= 0.6 is 0 Å². The number of primary amides is 1. The Hall–Kier alpha value is -6.37. The lowest BCUT2D eigenvalue weighted by molar-refractivity contribution is -0.116. The first-order valence-electron chi connectivity index (χ1n) is 14.1. The first-order valence-corrected chi connectivity index (χ1v) is 14.1. The van der Waals surface area contributed by atoms with Gasteiger partial charge in [-0.15, -0.1) is 0 Å². The lowest BCUT2D eigenvalue weighted by Crippen LogP contribution is -2.23. The van der Waals surface area contributed by atoms with Gasteiger partial charge in [0, 0.05) is 17.4 Å². The van der Waals surface area contributed by atoms with Crippen LogP contribution in [0, 0.1) is 30.7 Å². The number of ether oxygens (including phenoxy) is 1. The topological polar surface area (TPSA) is 225 Å². The molecule has 0 saturated carbocycles. The lowest BCUT2D eigenvalue weighted by Gasteiger charge is -2.20.